The molecule has 4 nitrogen and oxygen atoms in total. The van der Waals surface area contributed by atoms with Crippen LogP contribution in [0.5, 0.6) is 0 Å². The van der Waals surface area contributed by atoms with E-state index < -0.39 is 0 Å². The van der Waals surface area contributed by atoms with Crippen LogP contribution in [-0.4, -0.2) is 39.3 Å². The Hall–Kier alpha value is -1.46. The van der Waals surface area contributed by atoms with E-state index in [4.69, 9.17) is 12.2 Å². The van der Waals surface area contributed by atoms with Crippen molar-refractivity contribution in [1.29, 1.82) is 0 Å². The molecule has 0 bridgehead atoms. The Balaban J connectivity index is 2.17. The van der Waals surface area contributed by atoms with E-state index in [2.05, 4.69) is 52.7 Å². The molecule has 1 unspecified atom stereocenters. The van der Waals surface area contributed by atoms with Gasteiger partial charge >= 0.3 is 0 Å². The highest BCUT2D eigenvalue weighted by atomic mass is 32.1. The average molecular weight is 290 g/mol. The molecule has 20 heavy (non-hydrogen) atoms. The van der Waals surface area contributed by atoms with E-state index in [1.165, 1.54) is 0 Å². The maximum Gasteiger partial charge on any atom is 0.195 e. The summed E-state index contributed by atoms with van der Waals surface area (Å²) in [5.74, 6) is 0.910. The smallest absolute Gasteiger partial charge is 0.195 e. The minimum absolute atomic E-state index is 0.580. The maximum atomic E-state index is 5.35. The van der Waals surface area contributed by atoms with E-state index in [0.29, 0.717) is 10.8 Å². The first-order valence-electron chi connectivity index (χ1n) is 7.04. The molecule has 1 atom stereocenters. The van der Waals surface area contributed by atoms with Gasteiger partial charge in [-0.3, -0.25) is 9.67 Å². The minimum atomic E-state index is 0.580. The number of hydrogen-bond acceptors (Lipinski definition) is 3. The summed E-state index contributed by atoms with van der Waals surface area (Å²) in [6.07, 6.45) is 1.15. The zero-order valence-electron chi connectivity index (χ0n) is 12.3. The summed E-state index contributed by atoms with van der Waals surface area (Å²) in [6, 6.07) is 10.7. The van der Waals surface area contributed by atoms with Gasteiger partial charge in [0.2, 0.25) is 0 Å². The van der Waals surface area contributed by atoms with Crippen molar-refractivity contribution in [3.63, 3.8) is 0 Å². The molecule has 0 spiro atoms. The number of rotatable bonds is 6. The third-order valence-corrected chi connectivity index (χ3v) is 4.12. The Labute approximate surface area is 125 Å². The highest BCUT2D eigenvalue weighted by molar-refractivity contribution is 7.71. The molecule has 5 heteroatoms. The second kappa shape index (κ2) is 6.81. The third kappa shape index (κ3) is 3.35. The number of aromatic amines is 1. The Morgan fingerprint density at radius 1 is 1.35 bits per heavy atom. The normalized spacial score (nSPS) is 12.8. The first kappa shape index (κ1) is 14.9. The minimum Gasteiger partial charge on any atom is -0.302 e. The monoisotopic (exact) mass is 290 g/mol. The summed E-state index contributed by atoms with van der Waals surface area (Å²) in [6.45, 7) is 6.26. The quantitative estimate of drug-likeness (QED) is 0.829. The van der Waals surface area contributed by atoms with Crippen LogP contribution in [0, 0.1) is 4.77 Å². The lowest BCUT2D eigenvalue weighted by atomic mass is 10.2. The molecule has 0 aliphatic carbocycles. The number of nitrogens with one attached hydrogen (secondary N) is 1. The number of likely N-dealkylation sites (N-methyl/N-ethyl adjacent to an activating group) is 1. The highest BCUT2D eigenvalue weighted by Crippen LogP contribution is 2.16. The van der Waals surface area contributed by atoms with Crippen molar-refractivity contribution in [2.24, 2.45) is 0 Å². The van der Waals surface area contributed by atoms with Crippen molar-refractivity contribution >= 4 is 12.2 Å². The number of aromatic nitrogens is 3. The summed E-state index contributed by atoms with van der Waals surface area (Å²) in [5.41, 5.74) is 1.09. The van der Waals surface area contributed by atoms with Gasteiger partial charge in [-0.1, -0.05) is 37.3 Å². The zero-order valence-corrected chi connectivity index (χ0v) is 13.2. The van der Waals surface area contributed by atoms with Crippen LogP contribution in [-0.2, 0) is 6.54 Å². The Kier molecular flexibility index (Phi) is 5.09. The van der Waals surface area contributed by atoms with Crippen LogP contribution >= 0.6 is 12.2 Å². The van der Waals surface area contributed by atoms with Gasteiger partial charge in [-0.25, -0.2) is 0 Å². The lowest BCUT2D eigenvalue weighted by Gasteiger charge is -2.23. The van der Waals surface area contributed by atoms with Crippen LogP contribution in [0.25, 0.3) is 11.4 Å². The summed E-state index contributed by atoms with van der Waals surface area (Å²) in [4.78, 5) is 2.35. The van der Waals surface area contributed by atoms with Gasteiger partial charge < -0.3 is 4.90 Å². The fourth-order valence-electron chi connectivity index (χ4n) is 2.12. The van der Waals surface area contributed by atoms with Crippen LogP contribution in [0.4, 0.5) is 0 Å². The molecule has 0 saturated carbocycles. The van der Waals surface area contributed by atoms with E-state index in [1.54, 1.807) is 0 Å². The molecule has 1 aromatic heterocycles. The van der Waals surface area contributed by atoms with Crippen molar-refractivity contribution in [1.82, 2.24) is 19.7 Å². The molecule has 1 N–H and O–H groups in total. The predicted molar refractivity (Wildman–Crippen MR) is 85.2 cm³/mol. The standard InChI is InChI=1S/C15H22N4S/c1-4-12(2)18(3)10-11-19-14(16-17-15(19)20)13-8-6-5-7-9-13/h5-9,12H,4,10-11H2,1-3H3,(H,17,20). The van der Waals surface area contributed by atoms with Crippen LogP contribution in [0.3, 0.4) is 0 Å². The van der Waals surface area contributed by atoms with E-state index in [9.17, 15) is 0 Å². The molecule has 1 heterocycles. The van der Waals surface area contributed by atoms with Gasteiger partial charge in [0.25, 0.3) is 0 Å². The van der Waals surface area contributed by atoms with Gasteiger partial charge in [-0.2, -0.15) is 5.10 Å². The lowest BCUT2D eigenvalue weighted by molar-refractivity contribution is 0.242. The lowest BCUT2D eigenvalue weighted by Crippen LogP contribution is -2.31. The predicted octanol–water partition coefficient (Wildman–Crippen LogP) is 3.34. The van der Waals surface area contributed by atoms with Gasteiger partial charge in [0.15, 0.2) is 10.6 Å². The molecule has 0 aliphatic heterocycles. The van der Waals surface area contributed by atoms with Gasteiger partial charge in [-0.15, -0.1) is 0 Å². The first-order chi connectivity index (χ1) is 9.63. The summed E-state index contributed by atoms with van der Waals surface area (Å²) >= 11 is 5.35. The highest BCUT2D eigenvalue weighted by Gasteiger charge is 2.11. The molecule has 0 amide bonds. The fourth-order valence-corrected chi connectivity index (χ4v) is 2.35. The number of benzene rings is 1. The van der Waals surface area contributed by atoms with Crippen LogP contribution < -0.4 is 0 Å². The van der Waals surface area contributed by atoms with Crippen LogP contribution in [0.2, 0.25) is 0 Å². The Morgan fingerprint density at radius 2 is 2.05 bits per heavy atom. The van der Waals surface area contributed by atoms with Crippen molar-refractivity contribution in [2.45, 2.75) is 32.9 Å². The van der Waals surface area contributed by atoms with Gasteiger partial charge in [0.1, 0.15) is 0 Å². The molecule has 2 aromatic rings. The number of H-pyrrole nitrogens is 1. The topological polar surface area (TPSA) is 36.9 Å². The summed E-state index contributed by atoms with van der Waals surface area (Å²) < 4.78 is 2.75. The van der Waals surface area contributed by atoms with Crippen molar-refractivity contribution in [3.8, 4) is 11.4 Å². The first-order valence-corrected chi connectivity index (χ1v) is 7.45. The average Bonchev–Trinajstić information content (AvgIpc) is 2.85. The zero-order chi connectivity index (χ0) is 14.5. The molecule has 0 radical (unpaired) electrons. The van der Waals surface area contributed by atoms with Gasteiger partial charge in [0, 0.05) is 24.7 Å². The molecule has 108 valence electrons. The Morgan fingerprint density at radius 3 is 2.70 bits per heavy atom. The van der Waals surface area contributed by atoms with E-state index in [-0.39, 0.29) is 0 Å². The summed E-state index contributed by atoms with van der Waals surface area (Å²) in [5, 5.41) is 7.26. The van der Waals surface area contributed by atoms with Crippen molar-refractivity contribution < 1.29 is 0 Å². The molecule has 2 rings (SSSR count). The molecule has 0 saturated heterocycles. The fraction of sp³-hybridized carbons (Fsp3) is 0.467. The second-order valence-electron chi connectivity index (χ2n) is 5.11. The molecular formula is C15H22N4S. The molecule has 0 aliphatic rings. The second-order valence-corrected chi connectivity index (χ2v) is 5.49. The SMILES string of the molecule is CCC(C)N(C)CCn1c(-c2ccccc2)n[nH]c1=S. The molecule has 1 aromatic carbocycles. The van der Waals surface area contributed by atoms with Crippen LogP contribution in [0.15, 0.2) is 30.3 Å². The van der Waals surface area contributed by atoms with Crippen LogP contribution in [0.1, 0.15) is 20.3 Å². The van der Waals surface area contributed by atoms with Crippen molar-refractivity contribution in [3.05, 3.63) is 35.1 Å². The van der Waals surface area contributed by atoms with Gasteiger partial charge in [0.05, 0.1) is 0 Å². The van der Waals surface area contributed by atoms with Gasteiger partial charge in [-0.05, 0) is 32.6 Å². The van der Waals surface area contributed by atoms with E-state index >= 15 is 0 Å². The number of hydrogen-bond donors (Lipinski definition) is 1. The van der Waals surface area contributed by atoms with E-state index in [1.807, 2.05) is 18.2 Å². The Bertz CT molecular complexity index is 587. The molecular weight excluding hydrogens is 268 g/mol. The van der Waals surface area contributed by atoms with Crippen molar-refractivity contribution in [2.75, 3.05) is 13.6 Å². The third-order valence-electron chi connectivity index (χ3n) is 3.81. The summed E-state index contributed by atoms with van der Waals surface area (Å²) in [7, 11) is 2.15. The maximum absolute atomic E-state index is 5.35. The number of nitrogens with zero attached hydrogens (tertiary/aromatic N) is 3. The largest absolute Gasteiger partial charge is 0.302 e. The van der Waals surface area contributed by atoms with E-state index in [0.717, 1.165) is 30.9 Å². The molecule has 0 fully saturated rings.